The summed E-state index contributed by atoms with van der Waals surface area (Å²) < 4.78 is 12.9. The molecule has 1 aromatic carbocycles. The summed E-state index contributed by atoms with van der Waals surface area (Å²) in [5, 5.41) is 2.87. The second-order valence-corrected chi connectivity index (χ2v) is 7.01. The molecule has 4 rings (SSSR count). The first-order valence-corrected chi connectivity index (χ1v) is 9.31. The maximum absolute atomic E-state index is 12.9. The van der Waals surface area contributed by atoms with E-state index in [2.05, 4.69) is 20.7 Å². The first kappa shape index (κ1) is 18.5. The maximum Gasteiger partial charge on any atom is 0.234 e. The lowest BCUT2D eigenvalue weighted by Crippen LogP contribution is -2.47. The molecule has 3 heterocycles. The summed E-state index contributed by atoms with van der Waals surface area (Å²) in [4.78, 5) is 29.0. The Morgan fingerprint density at radius 3 is 2.71 bits per heavy atom. The van der Waals surface area contributed by atoms with Crippen molar-refractivity contribution in [2.24, 2.45) is 4.99 Å². The average Bonchev–Trinajstić information content (AvgIpc) is 3.14. The van der Waals surface area contributed by atoms with Crippen molar-refractivity contribution in [1.29, 1.82) is 0 Å². The smallest absolute Gasteiger partial charge is 0.234 e. The number of hydrogen-bond donors (Lipinski definition) is 2. The molecule has 1 fully saturated rings. The van der Waals surface area contributed by atoms with Crippen LogP contribution < -0.4 is 10.8 Å². The molecule has 0 atom stereocenters. The van der Waals surface area contributed by atoms with Crippen LogP contribution in [0.15, 0.2) is 53.7 Å². The molecule has 1 aromatic heterocycles. The highest BCUT2D eigenvalue weighted by atomic mass is 19.1. The Balaban J connectivity index is 1.26. The summed E-state index contributed by atoms with van der Waals surface area (Å²) in [6, 6.07) is 11.8. The molecular formula is C20H22FN5O2. The number of aromatic nitrogens is 1. The van der Waals surface area contributed by atoms with Gasteiger partial charge in [0, 0.05) is 38.7 Å². The minimum absolute atomic E-state index is 0.0524. The molecule has 0 saturated carbocycles. The highest BCUT2D eigenvalue weighted by Gasteiger charge is 2.40. The van der Waals surface area contributed by atoms with Gasteiger partial charge in [-0.15, -0.1) is 0 Å². The van der Waals surface area contributed by atoms with Gasteiger partial charge in [-0.25, -0.2) is 19.7 Å². The van der Waals surface area contributed by atoms with Gasteiger partial charge < -0.3 is 5.32 Å². The summed E-state index contributed by atoms with van der Waals surface area (Å²) in [6.45, 7) is 2.14. The van der Waals surface area contributed by atoms with E-state index in [1.54, 1.807) is 18.3 Å². The Morgan fingerprint density at radius 2 is 2.00 bits per heavy atom. The maximum atomic E-state index is 12.9. The van der Waals surface area contributed by atoms with Gasteiger partial charge in [-0.2, -0.15) is 0 Å². The van der Waals surface area contributed by atoms with Gasteiger partial charge in [0.25, 0.3) is 0 Å². The fourth-order valence-electron chi connectivity index (χ4n) is 3.34. The van der Waals surface area contributed by atoms with E-state index in [1.807, 2.05) is 18.2 Å². The van der Waals surface area contributed by atoms with Gasteiger partial charge >= 0.3 is 0 Å². The van der Waals surface area contributed by atoms with E-state index >= 15 is 0 Å². The van der Waals surface area contributed by atoms with Crippen molar-refractivity contribution in [2.45, 2.75) is 25.1 Å². The number of benzene rings is 1. The Morgan fingerprint density at radius 1 is 1.21 bits per heavy atom. The third kappa shape index (κ3) is 4.35. The first-order chi connectivity index (χ1) is 13.6. The predicted octanol–water partition coefficient (Wildman–Crippen LogP) is 1.61. The van der Waals surface area contributed by atoms with Crippen LogP contribution in [0.3, 0.4) is 0 Å². The number of nitrogens with one attached hydrogen (secondary N) is 2. The number of carbonyl (C=O) groups is 1. The quantitative estimate of drug-likeness (QED) is 0.820. The lowest BCUT2D eigenvalue weighted by molar-refractivity contribution is -0.125. The lowest BCUT2D eigenvalue weighted by atomic mass is 10.0. The largest absolute Gasteiger partial charge is 0.351 e. The van der Waals surface area contributed by atoms with Crippen LogP contribution in [0.1, 0.15) is 24.1 Å². The van der Waals surface area contributed by atoms with Crippen molar-refractivity contribution in [2.75, 3.05) is 19.6 Å². The number of rotatable bonds is 5. The van der Waals surface area contributed by atoms with Gasteiger partial charge in [-0.3, -0.25) is 14.7 Å². The molecule has 2 aliphatic rings. The van der Waals surface area contributed by atoms with Gasteiger partial charge in [0.05, 0.1) is 6.54 Å². The van der Waals surface area contributed by atoms with Crippen molar-refractivity contribution in [3.05, 3.63) is 65.7 Å². The van der Waals surface area contributed by atoms with Gasteiger partial charge in [0.15, 0.2) is 11.6 Å². The minimum atomic E-state index is -0.589. The van der Waals surface area contributed by atoms with Gasteiger partial charge in [0.2, 0.25) is 5.91 Å². The molecule has 0 bridgehead atoms. The number of pyridine rings is 1. The molecule has 0 radical (unpaired) electrons. The van der Waals surface area contributed by atoms with Crippen molar-refractivity contribution in [3.63, 3.8) is 0 Å². The molecule has 0 unspecified atom stereocenters. The van der Waals surface area contributed by atoms with E-state index in [4.69, 9.17) is 9.83 Å². The molecule has 146 valence electrons. The molecular weight excluding hydrogens is 361 g/mol. The highest BCUT2D eigenvalue weighted by Crippen LogP contribution is 2.30. The normalized spacial score (nSPS) is 18.5. The molecule has 7 nitrogen and oxygen atoms in total. The Kier molecular flexibility index (Phi) is 5.31. The second-order valence-electron chi connectivity index (χ2n) is 7.01. The highest BCUT2D eigenvalue weighted by molar-refractivity contribution is 5.97. The number of hydrogen-bond acceptors (Lipinski definition) is 6. The fourth-order valence-corrected chi connectivity index (χ4v) is 3.34. The third-order valence-corrected chi connectivity index (χ3v) is 4.97. The zero-order chi connectivity index (χ0) is 19.4. The summed E-state index contributed by atoms with van der Waals surface area (Å²) in [5.41, 5.74) is 3.93. The fraction of sp³-hybridized carbons (Fsp3) is 0.350. The zero-order valence-corrected chi connectivity index (χ0v) is 15.4. The summed E-state index contributed by atoms with van der Waals surface area (Å²) in [7, 11) is 0. The van der Waals surface area contributed by atoms with Crippen LogP contribution in [-0.2, 0) is 16.2 Å². The summed E-state index contributed by atoms with van der Waals surface area (Å²) in [6.07, 6.45) is 3.11. The van der Waals surface area contributed by atoms with Crippen LogP contribution in [0.4, 0.5) is 4.39 Å². The molecule has 8 heteroatoms. The Hall–Kier alpha value is -2.84. The third-order valence-electron chi connectivity index (χ3n) is 4.97. The molecule has 1 saturated heterocycles. The zero-order valence-electron chi connectivity index (χ0n) is 15.4. The predicted molar refractivity (Wildman–Crippen MR) is 102 cm³/mol. The molecule has 0 aliphatic carbocycles. The number of likely N-dealkylation sites (tertiary alicyclic amines) is 1. The minimum Gasteiger partial charge on any atom is -0.351 e. The van der Waals surface area contributed by atoms with Crippen LogP contribution in [0.5, 0.6) is 0 Å². The van der Waals surface area contributed by atoms with Crippen molar-refractivity contribution < 1.29 is 14.0 Å². The number of carbonyl (C=O) groups excluding carboxylic acids is 1. The topological polar surface area (TPSA) is 78.9 Å². The number of piperidine rings is 1. The number of amides is 1. The molecule has 2 N–H and O–H groups in total. The molecule has 1 amide bonds. The lowest BCUT2D eigenvalue weighted by Gasteiger charge is -2.35. The van der Waals surface area contributed by atoms with E-state index < -0.39 is 5.72 Å². The number of hydroxylamine groups is 1. The molecule has 1 spiro atoms. The SMILES string of the molecule is O=C(CN1CCC2(CC1)N=C(c1ccccn1)NO2)NCc1ccc(F)cc1. The van der Waals surface area contributed by atoms with E-state index in [9.17, 15) is 9.18 Å². The Labute approximate surface area is 162 Å². The van der Waals surface area contributed by atoms with Crippen molar-refractivity contribution in [3.8, 4) is 0 Å². The van der Waals surface area contributed by atoms with Gasteiger partial charge in [-0.1, -0.05) is 18.2 Å². The van der Waals surface area contributed by atoms with Crippen molar-refractivity contribution >= 4 is 11.7 Å². The van der Waals surface area contributed by atoms with E-state index in [0.29, 0.717) is 44.9 Å². The van der Waals surface area contributed by atoms with E-state index in [0.717, 1.165) is 11.3 Å². The van der Waals surface area contributed by atoms with Crippen LogP contribution in [0.2, 0.25) is 0 Å². The van der Waals surface area contributed by atoms with Crippen LogP contribution in [-0.4, -0.2) is 47.0 Å². The molecule has 28 heavy (non-hydrogen) atoms. The number of halogens is 1. The van der Waals surface area contributed by atoms with Crippen LogP contribution >= 0.6 is 0 Å². The van der Waals surface area contributed by atoms with Crippen molar-refractivity contribution in [1.82, 2.24) is 20.7 Å². The monoisotopic (exact) mass is 383 g/mol. The number of nitrogens with zero attached hydrogens (tertiary/aromatic N) is 3. The average molecular weight is 383 g/mol. The first-order valence-electron chi connectivity index (χ1n) is 9.31. The number of aliphatic imine (C=N–C) groups is 1. The molecule has 2 aromatic rings. The van der Waals surface area contributed by atoms with Gasteiger partial charge in [-0.05, 0) is 29.8 Å². The standard InChI is InChI=1S/C20H22FN5O2/c21-16-6-4-15(5-7-16)13-23-18(27)14-26-11-8-20(9-12-26)24-19(25-28-20)17-3-1-2-10-22-17/h1-7,10H,8-9,11-14H2,(H,23,27)(H,24,25). The number of amidine groups is 1. The van der Waals surface area contributed by atoms with Crippen LogP contribution in [0.25, 0.3) is 0 Å². The van der Waals surface area contributed by atoms with Crippen LogP contribution in [0, 0.1) is 5.82 Å². The van der Waals surface area contributed by atoms with Gasteiger partial charge in [0.1, 0.15) is 11.5 Å². The second kappa shape index (κ2) is 8.04. The Bertz CT molecular complexity index is 849. The summed E-state index contributed by atoms with van der Waals surface area (Å²) >= 11 is 0. The molecule has 2 aliphatic heterocycles. The summed E-state index contributed by atoms with van der Waals surface area (Å²) in [5.74, 6) is 0.310. The van der Waals surface area contributed by atoms with E-state index in [1.165, 1.54) is 12.1 Å². The van der Waals surface area contributed by atoms with E-state index in [-0.39, 0.29) is 11.7 Å².